The molecule has 0 aliphatic heterocycles. The molecule has 0 aliphatic carbocycles. The summed E-state index contributed by atoms with van der Waals surface area (Å²) in [5.41, 5.74) is 2.01. The molecule has 2 aromatic heterocycles. The van der Waals surface area contributed by atoms with Crippen molar-refractivity contribution in [1.29, 1.82) is 0 Å². The van der Waals surface area contributed by atoms with Crippen LogP contribution < -0.4 is 0 Å². The Balaban J connectivity index is 1.25. The standard InChI is InChI=1S/C22H22N8S4/c31-19-25-27-21(29(19)23-15-17-9-3-1-4-10-17)33-13-7-8-14-34-22-28-26-20(32)30(22)24-16-18-11-5-2-6-12-18/h1-6,9-12,15-16H,7-8,13-14H2,(H,25,31)(H,26,32)/b23-15+,24-16+. The summed E-state index contributed by atoms with van der Waals surface area (Å²) in [6.45, 7) is 0. The lowest BCUT2D eigenvalue weighted by Crippen LogP contribution is -1.96. The van der Waals surface area contributed by atoms with Gasteiger partial charge in [-0.25, -0.2) is 10.2 Å². The normalized spacial score (nSPS) is 11.6. The van der Waals surface area contributed by atoms with Crippen LogP contribution in [0.2, 0.25) is 0 Å². The highest BCUT2D eigenvalue weighted by atomic mass is 32.2. The Hall–Kier alpha value is -2.80. The summed E-state index contributed by atoms with van der Waals surface area (Å²) in [5.74, 6) is 1.81. The Morgan fingerprint density at radius 2 is 1.12 bits per heavy atom. The number of hydrogen-bond acceptors (Lipinski definition) is 8. The van der Waals surface area contributed by atoms with Crippen LogP contribution in [0.1, 0.15) is 24.0 Å². The molecule has 0 spiro atoms. The number of H-pyrrole nitrogens is 2. The molecule has 0 aliphatic rings. The van der Waals surface area contributed by atoms with Crippen molar-refractivity contribution < 1.29 is 0 Å². The van der Waals surface area contributed by atoms with Crippen molar-refractivity contribution in [2.24, 2.45) is 10.2 Å². The van der Waals surface area contributed by atoms with Crippen LogP contribution in [0.25, 0.3) is 0 Å². The molecule has 0 saturated heterocycles. The van der Waals surface area contributed by atoms with Crippen molar-refractivity contribution in [3.05, 3.63) is 81.3 Å². The fourth-order valence-electron chi connectivity index (χ4n) is 2.80. The van der Waals surface area contributed by atoms with Gasteiger partial charge in [-0.3, -0.25) is 0 Å². The van der Waals surface area contributed by atoms with Crippen LogP contribution >= 0.6 is 48.0 Å². The second-order valence-corrected chi connectivity index (χ2v) is 9.86. The van der Waals surface area contributed by atoms with Gasteiger partial charge in [0.15, 0.2) is 0 Å². The third kappa shape index (κ3) is 6.86. The summed E-state index contributed by atoms with van der Waals surface area (Å²) in [6.07, 6.45) is 5.58. The van der Waals surface area contributed by atoms with Gasteiger partial charge in [0.1, 0.15) is 0 Å². The molecule has 0 atom stereocenters. The number of unbranched alkanes of at least 4 members (excludes halogenated alkanes) is 1. The van der Waals surface area contributed by atoms with Gasteiger partial charge in [0.05, 0.1) is 12.4 Å². The van der Waals surface area contributed by atoms with Crippen LogP contribution in [0.5, 0.6) is 0 Å². The molecule has 174 valence electrons. The van der Waals surface area contributed by atoms with E-state index in [4.69, 9.17) is 24.4 Å². The molecule has 0 radical (unpaired) electrons. The van der Waals surface area contributed by atoms with Crippen molar-refractivity contribution in [3.8, 4) is 0 Å². The fourth-order valence-corrected chi connectivity index (χ4v) is 5.08. The first-order valence-electron chi connectivity index (χ1n) is 10.5. The monoisotopic (exact) mass is 526 g/mol. The molecule has 0 fully saturated rings. The van der Waals surface area contributed by atoms with Gasteiger partial charge < -0.3 is 0 Å². The van der Waals surface area contributed by atoms with Gasteiger partial charge in [-0.2, -0.15) is 19.6 Å². The number of thioether (sulfide) groups is 2. The summed E-state index contributed by atoms with van der Waals surface area (Å²) < 4.78 is 4.27. The summed E-state index contributed by atoms with van der Waals surface area (Å²) in [7, 11) is 0. The van der Waals surface area contributed by atoms with Crippen molar-refractivity contribution in [3.63, 3.8) is 0 Å². The first kappa shape index (κ1) is 24.3. The van der Waals surface area contributed by atoms with Crippen molar-refractivity contribution in [2.45, 2.75) is 23.2 Å². The van der Waals surface area contributed by atoms with Crippen molar-refractivity contribution >= 4 is 60.4 Å². The summed E-state index contributed by atoms with van der Waals surface area (Å²) >= 11 is 13.9. The zero-order valence-corrected chi connectivity index (χ0v) is 21.3. The number of aromatic nitrogens is 6. The molecule has 2 heterocycles. The van der Waals surface area contributed by atoms with Gasteiger partial charge in [-0.05, 0) is 48.4 Å². The average Bonchev–Trinajstić information content (AvgIpc) is 3.41. The molecule has 0 saturated carbocycles. The zero-order chi connectivity index (χ0) is 23.6. The second kappa shape index (κ2) is 12.6. The molecular formula is C22H22N8S4. The maximum Gasteiger partial charge on any atom is 0.217 e. The lowest BCUT2D eigenvalue weighted by atomic mass is 10.2. The van der Waals surface area contributed by atoms with Crippen LogP contribution in [0, 0.1) is 9.54 Å². The van der Waals surface area contributed by atoms with Crippen LogP contribution in [0.15, 0.2) is 81.2 Å². The summed E-state index contributed by atoms with van der Waals surface area (Å²) in [4.78, 5) is 0. The molecule has 2 aromatic carbocycles. The van der Waals surface area contributed by atoms with Crippen LogP contribution in [-0.4, -0.2) is 53.7 Å². The molecule has 34 heavy (non-hydrogen) atoms. The maximum absolute atomic E-state index is 5.31. The quantitative estimate of drug-likeness (QED) is 0.114. The highest BCUT2D eigenvalue weighted by Crippen LogP contribution is 2.20. The predicted octanol–water partition coefficient (Wildman–Crippen LogP) is 5.62. The van der Waals surface area contributed by atoms with Crippen LogP contribution in [0.4, 0.5) is 0 Å². The van der Waals surface area contributed by atoms with Gasteiger partial charge in [-0.1, -0.05) is 84.2 Å². The van der Waals surface area contributed by atoms with Crippen LogP contribution in [-0.2, 0) is 0 Å². The summed E-state index contributed by atoms with van der Waals surface area (Å²) in [5, 5.41) is 24.7. The molecule has 0 bridgehead atoms. The zero-order valence-electron chi connectivity index (χ0n) is 18.1. The minimum absolute atomic E-state index is 0.476. The van der Waals surface area contributed by atoms with Gasteiger partial charge in [0.2, 0.25) is 19.9 Å². The molecule has 0 unspecified atom stereocenters. The highest BCUT2D eigenvalue weighted by Gasteiger charge is 2.07. The van der Waals surface area contributed by atoms with Gasteiger partial charge in [-0.15, -0.1) is 10.2 Å². The van der Waals surface area contributed by atoms with Gasteiger partial charge in [0, 0.05) is 11.5 Å². The predicted molar refractivity (Wildman–Crippen MR) is 144 cm³/mol. The lowest BCUT2D eigenvalue weighted by molar-refractivity contribution is 0.754. The van der Waals surface area contributed by atoms with Gasteiger partial charge >= 0.3 is 0 Å². The van der Waals surface area contributed by atoms with Crippen molar-refractivity contribution in [1.82, 2.24) is 29.7 Å². The molecule has 4 aromatic rings. The minimum Gasteiger partial charge on any atom is -0.249 e. The molecular weight excluding hydrogens is 505 g/mol. The highest BCUT2D eigenvalue weighted by molar-refractivity contribution is 7.99. The Morgan fingerprint density at radius 3 is 1.53 bits per heavy atom. The maximum atomic E-state index is 5.31. The number of nitrogens with one attached hydrogen (secondary N) is 2. The molecule has 4 rings (SSSR count). The molecule has 0 amide bonds. The smallest absolute Gasteiger partial charge is 0.217 e. The van der Waals surface area contributed by atoms with E-state index in [0.717, 1.165) is 45.8 Å². The largest absolute Gasteiger partial charge is 0.249 e. The minimum atomic E-state index is 0.476. The SMILES string of the molecule is S=c1[nH]nc(SCCCCSc2n[nH]c(=S)n2/N=C/c2ccccc2)n1/N=C/c1ccccc1. The molecule has 2 N–H and O–H groups in total. The third-order valence-electron chi connectivity index (χ3n) is 4.49. The first-order valence-corrected chi connectivity index (χ1v) is 13.3. The van der Waals surface area contributed by atoms with E-state index in [1.807, 2.05) is 60.7 Å². The van der Waals surface area contributed by atoms with Crippen molar-refractivity contribution in [2.75, 3.05) is 11.5 Å². The Kier molecular flexibility index (Phi) is 9.02. The van der Waals surface area contributed by atoms with E-state index in [2.05, 4.69) is 30.6 Å². The van der Waals surface area contributed by atoms with Gasteiger partial charge in [0.25, 0.3) is 0 Å². The topological polar surface area (TPSA) is 91.9 Å². The molecule has 8 nitrogen and oxygen atoms in total. The Bertz CT molecular complexity index is 1250. The summed E-state index contributed by atoms with van der Waals surface area (Å²) in [6, 6.07) is 19.8. The Morgan fingerprint density at radius 1 is 0.706 bits per heavy atom. The number of hydrogen-bond donors (Lipinski definition) is 2. The van der Waals surface area contributed by atoms with E-state index in [1.54, 1.807) is 45.3 Å². The van der Waals surface area contributed by atoms with Crippen LogP contribution in [0.3, 0.4) is 0 Å². The second-order valence-electron chi connectivity index (χ2n) is 6.96. The fraction of sp³-hybridized carbons (Fsp3) is 0.182. The average molecular weight is 527 g/mol. The molecule has 12 heteroatoms. The third-order valence-corrected chi connectivity index (χ3v) is 7.05. The number of rotatable bonds is 11. The van der Waals surface area contributed by atoms with E-state index in [-0.39, 0.29) is 0 Å². The van der Waals surface area contributed by atoms with E-state index in [9.17, 15) is 0 Å². The first-order chi connectivity index (χ1) is 16.7. The van der Waals surface area contributed by atoms with E-state index in [0.29, 0.717) is 9.54 Å². The number of aromatic amines is 2. The van der Waals surface area contributed by atoms with E-state index < -0.39 is 0 Å². The van der Waals surface area contributed by atoms with E-state index in [1.165, 1.54) is 0 Å². The number of benzene rings is 2. The Labute approximate surface area is 215 Å². The number of nitrogens with zero attached hydrogens (tertiary/aromatic N) is 6. The van der Waals surface area contributed by atoms with E-state index >= 15 is 0 Å². The lowest BCUT2D eigenvalue weighted by Gasteiger charge is -2.02.